The van der Waals surface area contributed by atoms with E-state index in [1.165, 1.54) is 34.9 Å². The van der Waals surface area contributed by atoms with Crippen LogP contribution in [0.25, 0.3) is 0 Å². The molecule has 0 spiro atoms. The van der Waals surface area contributed by atoms with Crippen LogP contribution in [-0.4, -0.2) is 24.5 Å². The molecule has 0 aliphatic heterocycles. The Hall–Kier alpha value is -0.380. The summed E-state index contributed by atoms with van der Waals surface area (Å²) >= 11 is 3.70. The van der Waals surface area contributed by atoms with Crippen LogP contribution in [0.2, 0.25) is 0 Å². The lowest BCUT2D eigenvalue weighted by atomic mass is 10.1. The van der Waals surface area contributed by atoms with Gasteiger partial charge in [0.15, 0.2) is 0 Å². The second kappa shape index (κ2) is 6.69. The number of hydrogen-bond acceptors (Lipinski definition) is 2. The van der Waals surface area contributed by atoms with Crippen molar-refractivity contribution in [3.8, 4) is 0 Å². The molecule has 2 nitrogen and oxygen atoms in total. The fourth-order valence-corrected chi connectivity index (χ4v) is 2.70. The van der Waals surface area contributed by atoms with Crippen molar-refractivity contribution in [3.63, 3.8) is 0 Å². The highest BCUT2D eigenvalue weighted by Gasteiger charge is 2.26. The first-order chi connectivity index (χ1) is 8.70. The number of nitrogens with one attached hydrogen (secondary N) is 1. The van der Waals surface area contributed by atoms with Gasteiger partial charge in [0, 0.05) is 23.6 Å². The molecule has 0 amide bonds. The van der Waals surface area contributed by atoms with E-state index >= 15 is 0 Å². The van der Waals surface area contributed by atoms with Gasteiger partial charge in [0.25, 0.3) is 0 Å². The van der Waals surface area contributed by atoms with Gasteiger partial charge in [-0.1, -0.05) is 35.0 Å². The van der Waals surface area contributed by atoms with Crippen molar-refractivity contribution in [1.82, 2.24) is 10.2 Å². The van der Waals surface area contributed by atoms with Gasteiger partial charge in [0.1, 0.15) is 0 Å². The summed E-state index contributed by atoms with van der Waals surface area (Å²) in [7, 11) is 2.22. The van der Waals surface area contributed by atoms with Gasteiger partial charge < -0.3 is 5.32 Å². The topological polar surface area (TPSA) is 15.3 Å². The summed E-state index contributed by atoms with van der Waals surface area (Å²) in [5.41, 5.74) is 2.75. The van der Waals surface area contributed by atoms with Crippen LogP contribution in [0.5, 0.6) is 0 Å². The van der Waals surface area contributed by atoms with E-state index in [0.717, 1.165) is 25.7 Å². The Morgan fingerprint density at radius 1 is 1.39 bits per heavy atom. The van der Waals surface area contributed by atoms with Crippen molar-refractivity contribution in [1.29, 1.82) is 0 Å². The largest absolute Gasteiger partial charge is 0.313 e. The highest BCUT2D eigenvalue weighted by Crippen LogP contribution is 2.28. The van der Waals surface area contributed by atoms with E-state index in [1.807, 2.05) is 0 Å². The predicted octanol–water partition coefficient (Wildman–Crippen LogP) is 3.54. The Morgan fingerprint density at radius 3 is 2.78 bits per heavy atom. The second-order valence-electron chi connectivity index (χ2n) is 5.25. The summed E-state index contributed by atoms with van der Waals surface area (Å²) in [5.74, 6) is 0. The average Bonchev–Trinajstić information content (AvgIpc) is 3.17. The maximum absolute atomic E-state index is 3.70. The molecule has 100 valence electrons. The van der Waals surface area contributed by atoms with E-state index in [4.69, 9.17) is 0 Å². The van der Waals surface area contributed by atoms with Crippen LogP contribution in [0.4, 0.5) is 0 Å². The molecule has 0 radical (unpaired) electrons. The van der Waals surface area contributed by atoms with E-state index in [9.17, 15) is 0 Å². The van der Waals surface area contributed by atoms with Gasteiger partial charge in [-0.25, -0.2) is 0 Å². The van der Waals surface area contributed by atoms with Crippen molar-refractivity contribution in [2.45, 2.75) is 45.3 Å². The molecule has 2 rings (SSSR count). The number of rotatable bonds is 7. The first-order valence-corrected chi connectivity index (χ1v) is 7.68. The third kappa shape index (κ3) is 4.08. The standard InChI is InChI=1S/C15H23BrN2/c1-3-8-17-10-12-4-5-13(15(16)9-12)11-18(2)14-6-7-14/h4-5,9,14,17H,3,6-8,10-11H2,1-2H3. The lowest BCUT2D eigenvalue weighted by molar-refractivity contribution is 0.316. The normalized spacial score (nSPS) is 15.3. The van der Waals surface area contributed by atoms with Crippen LogP contribution in [-0.2, 0) is 13.1 Å². The van der Waals surface area contributed by atoms with Crippen molar-refractivity contribution < 1.29 is 0 Å². The smallest absolute Gasteiger partial charge is 0.0244 e. The van der Waals surface area contributed by atoms with Crippen LogP contribution < -0.4 is 5.32 Å². The van der Waals surface area contributed by atoms with E-state index in [0.29, 0.717) is 0 Å². The van der Waals surface area contributed by atoms with Crippen LogP contribution in [0.3, 0.4) is 0 Å². The molecule has 0 bridgehead atoms. The maximum Gasteiger partial charge on any atom is 0.0244 e. The van der Waals surface area contributed by atoms with E-state index < -0.39 is 0 Å². The summed E-state index contributed by atoms with van der Waals surface area (Å²) in [5, 5.41) is 3.44. The minimum Gasteiger partial charge on any atom is -0.313 e. The molecular weight excluding hydrogens is 288 g/mol. The van der Waals surface area contributed by atoms with Crippen LogP contribution >= 0.6 is 15.9 Å². The molecule has 1 saturated carbocycles. The SMILES string of the molecule is CCCNCc1ccc(CN(C)C2CC2)c(Br)c1. The third-order valence-electron chi connectivity index (χ3n) is 3.46. The minimum absolute atomic E-state index is 0.822. The Kier molecular flexibility index (Phi) is 5.22. The van der Waals surface area contributed by atoms with Crippen molar-refractivity contribution in [2.24, 2.45) is 0 Å². The van der Waals surface area contributed by atoms with Gasteiger partial charge in [0.05, 0.1) is 0 Å². The number of benzene rings is 1. The van der Waals surface area contributed by atoms with Gasteiger partial charge in [-0.05, 0) is 50.0 Å². The predicted molar refractivity (Wildman–Crippen MR) is 80.6 cm³/mol. The van der Waals surface area contributed by atoms with E-state index in [-0.39, 0.29) is 0 Å². The van der Waals surface area contributed by atoms with Crippen molar-refractivity contribution in [3.05, 3.63) is 33.8 Å². The minimum atomic E-state index is 0.822. The first kappa shape index (κ1) is 14.0. The highest BCUT2D eigenvalue weighted by molar-refractivity contribution is 9.10. The van der Waals surface area contributed by atoms with Crippen molar-refractivity contribution >= 4 is 15.9 Å². The van der Waals surface area contributed by atoms with Gasteiger partial charge in [-0.2, -0.15) is 0 Å². The fourth-order valence-electron chi connectivity index (χ4n) is 2.15. The van der Waals surface area contributed by atoms with Gasteiger partial charge in [0.2, 0.25) is 0 Å². The summed E-state index contributed by atoms with van der Waals surface area (Å²) in [6, 6.07) is 7.57. The molecule has 1 N–H and O–H groups in total. The molecule has 3 heteroatoms. The molecule has 0 saturated heterocycles. The Labute approximate surface area is 119 Å². The van der Waals surface area contributed by atoms with Crippen LogP contribution in [0.1, 0.15) is 37.3 Å². The first-order valence-electron chi connectivity index (χ1n) is 6.89. The number of hydrogen-bond donors (Lipinski definition) is 1. The molecule has 0 atom stereocenters. The summed E-state index contributed by atoms with van der Waals surface area (Å²) in [6.07, 6.45) is 3.92. The summed E-state index contributed by atoms with van der Waals surface area (Å²) in [4.78, 5) is 2.45. The zero-order chi connectivity index (χ0) is 13.0. The van der Waals surface area contributed by atoms with Gasteiger partial charge in [-0.3, -0.25) is 4.90 Å². The molecule has 0 heterocycles. The lowest BCUT2D eigenvalue weighted by Crippen LogP contribution is -2.20. The Morgan fingerprint density at radius 2 is 2.17 bits per heavy atom. The van der Waals surface area contributed by atoms with Gasteiger partial charge >= 0.3 is 0 Å². The van der Waals surface area contributed by atoms with Gasteiger partial charge in [-0.15, -0.1) is 0 Å². The van der Waals surface area contributed by atoms with Crippen LogP contribution in [0, 0.1) is 0 Å². The second-order valence-corrected chi connectivity index (χ2v) is 6.10. The molecule has 1 aromatic rings. The third-order valence-corrected chi connectivity index (χ3v) is 4.20. The summed E-state index contributed by atoms with van der Waals surface area (Å²) < 4.78 is 1.24. The molecule has 18 heavy (non-hydrogen) atoms. The molecule has 0 aromatic heterocycles. The molecule has 1 fully saturated rings. The monoisotopic (exact) mass is 310 g/mol. The van der Waals surface area contributed by atoms with Crippen LogP contribution in [0.15, 0.2) is 22.7 Å². The van der Waals surface area contributed by atoms with E-state index in [2.05, 4.69) is 58.3 Å². The van der Waals surface area contributed by atoms with Crippen molar-refractivity contribution in [2.75, 3.05) is 13.6 Å². The molecule has 1 aromatic carbocycles. The molecule has 1 aliphatic rings. The Balaban J connectivity index is 1.91. The summed E-state index contributed by atoms with van der Waals surface area (Å²) in [6.45, 7) is 5.29. The zero-order valence-corrected chi connectivity index (χ0v) is 13.0. The van der Waals surface area contributed by atoms with E-state index in [1.54, 1.807) is 0 Å². The maximum atomic E-state index is 3.70. The molecule has 0 unspecified atom stereocenters. The zero-order valence-electron chi connectivity index (χ0n) is 11.4. The highest BCUT2D eigenvalue weighted by atomic mass is 79.9. The quantitative estimate of drug-likeness (QED) is 0.775. The fraction of sp³-hybridized carbons (Fsp3) is 0.600. The lowest BCUT2D eigenvalue weighted by Gasteiger charge is -2.17. The molecular formula is C15H23BrN2. The number of halogens is 1. The number of nitrogens with zero attached hydrogens (tertiary/aromatic N) is 1. The average molecular weight is 311 g/mol. The Bertz CT molecular complexity index is 388. The molecule has 1 aliphatic carbocycles.